The number of carbonyl (C=O) groups excluding carboxylic acids is 2. The average molecular weight is 520 g/mol. The SMILES string of the molecule is COCCn1cc(C(=O)N2CCC(c3cc(CNC(=O)C(F)(F)F)ccc3F)CC2)c2c(C)cccc21. The predicted octanol–water partition coefficient (Wildman–Crippen LogP) is 4.93. The minimum absolute atomic E-state index is 0.0852. The van der Waals surface area contributed by atoms with Crippen molar-refractivity contribution in [3.05, 3.63) is 70.7 Å². The third-order valence-corrected chi connectivity index (χ3v) is 6.87. The number of piperidine rings is 1. The smallest absolute Gasteiger partial charge is 0.383 e. The number of likely N-dealkylation sites (tertiary alicyclic amines) is 1. The summed E-state index contributed by atoms with van der Waals surface area (Å²) in [6.45, 7) is 3.60. The van der Waals surface area contributed by atoms with Gasteiger partial charge in [-0.2, -0.15) is 13.2 Å². The number of aryl methyl sites for hydroxylation is 1. The number of rotatable bonds is 7. The number of nitrogens with one attached hydrogen (secondary N) is 1. The average Bonchev–Trinajstić information content (AvgIpc) is 3.25. The molecule has 1 aromatic heterocycles. The summed E-state index contributed by atoms with van der Waals surface area (Å²) in [7, 11) is 1.63. The number of ether oxygens (including phenoxy) is 1. The summed E-state index contributed by atoms with van der Waals surface area (Å²) in [5.74, 6) is -2.76. The molecule has 0 aliphatic carbocycles. The molecule has 1 aliphatic heterocycles. The van der Waals surface area contributed by atoms with E-state index in [1.54, 1.807) is 12.0 Å². The van der Waals surface area contributed by atoms with Crippen molar-refractivity contribution in [3.8, 4) is 0 Å². The van der Waals surface area contributed by atoms with E-state index in [1.165, 1.54) is 18.2 Å². The van der Waals surface area contributed by atoms with Gasteiger partial charge in [0.1, 0.15) is 5.82 Å². The van der Waals surface area contributed by atoms with E-state index in [2.05, 4.69) is 0 Å². The molecule has 4 rings (SSSR count). The van der Waals surface area contributed by atoms with Crippen molar-refractivity contribution in [2.45, 2.75) is 44.9 Å². The summed E-state index contributed by atoms with van der Waals surface area (Å²) in [4.78, 5) is 26.4. The van der Waals surface area contributed by atoms with Gasteiger partial charge in [-0.25, -0.2) is 4.39 Å². The van der Waals surface area contributed by atoms with Crippen LogP contribution in [0.25, 0.3) is 10.9 Å². The molecular formula is C27H29F4N3O3. The third kappa shape index (κ3) is 5.79. The van der Waals surface area contributed by atoms with E-state index in [0.29, 0.717) is 55.8 Å². The Bertz CT molecular complexity index is 1290. The first kappa shape index (κ1) is 26.7. The van der Waals surface area contributed by atoms with Crippen molar-refractivity contribution in [1.29, 1.82) is 0 Å². The Hall–Kier alpha value is -3.40. The Morgan fingerprint density at radius 2 is 1.86 bits per heavy atom. The second-order valence-electron chi connectivity index (χ2n) is 9.30. The first-order valence-electron chi connectivity index (χ1n) is 12.1. The van der Waals surface area contributed by atoms with Crippen molar-refractivity contribution in [2.75, 3.05) is 26.8 Å². The summed E-state index contributed by atoms with van der Waals surface area (Å²) >= 11 is 0. The number of nitrogens with zero attached hydrogens (tertiary/aromatic N) is 2. The second kappa shape index (κ2) is 10.9. The molecule has 0 atom stereocenters. The van der Waals surface area contributed by atoms with Crippen molar-refractivity contribution in [1.82, 2.24) is 14.8 Å². The number of amides is 2. The van der Waals surface area contributed by atoms with Gasteiger partial charge in [-0.15, -0.1) is 0 Å². The van der Waals surface area contributed by atoms with Crippen LogP contribution in [0.1, 0.15) is 45.8 Å². The number of methoxy groups -OCH3 is 1. The molecule has 0 unspecified atom stereocenters. The van der Waals surface area contributed by atoms with Gasteiger partial charge in [0.05, 0.1) is 12.2 Å². The zero-order valence-corrected chi connectivity index (χ0v) is 20.7. The molecule has 0 radical (unpaired) electrons. The summed E-state index contributed by atoms with van der Waals surface area (Å²) < 4.78 is 59.2. The molecule has 198 valence electrons. The van der Waals surface area contributed by atoms with Gasteiger partial charge < -0.3 is 19.5 Å². The monoisotopic (exact) mass is 519 g/mol. The molecule has 2 amide bonds. The maximum Gasteiger partial charge on any atom is 0.471 e. The number of hydrogen-bond acceptors (Lipinski definition) is 3. The maximum absolute atomic E-state index is 14.6. The molecule has 10 heteroatoms. The summed E-state index contributed by atoms with van der Waals surface area (Å²) in [5, 5.41) is 2.72. The van der Waals surface area contributed by atoms with E-state index < -0.39 is 17.9 Å². The van der Waals surface area contributed by atoms with Crippen molar-refractivity contribution < 1.29 is 31.9 Å². The highest BCUT2D eigenvalue weighted by Crippen LogP contribution is 2.33. The first-order valence-corrected chi connectivity index (χ1v) is 12.1. The molecule has 1 N–H and O–H groups in total. The van der Waals surface area contributed by atoms with E-state index in [1.807, 2.05) is 41.2 Å². The van der Waals surface area contributed by atoms with Crippen LogP contribution < -0.4 is 5.32 Å². The summed E-state index contributed by atoms with van der Waals surface area (Å²) in [5.41, 5.74) is 3.36. The first-order chi connectivity index (χ1) is 17.6. The van der Waals surface area contributed by atoms with Crippen LogP contribution in [0.3, 0.4) is 0 Å². The number of alkyl halides is 3. The van der Waals surface area contributed by atoms with Crippen LogP contribution >= 0.6 is 0 Å². The quantitative estimate of drug-likeness (QED) is 0.450. The Labute approximate surface area is 212 Å². The third-order valence-electron chi connectivity index (χ3n) is 6.87. The molecule has 6 nitrogen and oxygen atoms in total. The summed E-state index contributed by atoms with van der Waals surface area (Å²) in [6, 6.07) is 9.97. The van der Waals surface area contributed by atoms with Gasteiger partial charge >= 0.3 is 12.1 Å². The molecule has 37 heavy (non-hydrogen) atoms. The number of benzene rings is 2. The normalized spacial score (nSPS) is 14.8. The Morgan fingerprint density at radius 3 is 2.54 bits per heavy atom. The van der Waals surface area contributed by atoms with E-state index in [0.717, 1.165) is 16.5 Å². The van der Waals surface area contributed by atoms with Crippen LogP contribution in [0.2, 0.25) is 0 Å². The minimum Gasteiger partial charge on any atom is -0.383 e. The molecule has 0 bridgehead atoms. The lowest BCUT2D eigenvalue weighted by Gasteiger charge is -2.32. The summed E-state index contributed by atoms with van der Waals surface area (Å²) in [6.07, 6.45) is -2.08. The van der Waals surface area contributed by atoms with Crippen LogP contribution in [-0.2, 0) is 22.6 Å². The fourth-order valence-corrected chi connectivity index (χ4v) is 4.93. The van der Waals surface area contributed by atoms with Gasteiger partial charge in [-0.1, -0.05) is 24.3 Å². The van der Waals surface area contributed by atoms with E-state index in [9.17, 15) is 27.2 Å². The van der Waals surface area contributed by atoms with Gasteiger partial charge in [-0.05, 0) is 54.5 Å². The maximum atomic E-state index is 14.6. The molecule has 0 saturated carbocycles. The lowest BCUT2D eigenvalue weighted by molar-refractivity contribution is -0.173. The minimum atomic E-state index is -4.98. The zero-order chi connectivity index (χ0) is 26.7. The van der Waals surface area contributed by atoms with Crippen molar-refractivity contribution in [2.24, 2.45) is 0 Å². The highest BCUT2D eigenvalue weighted by atomic mass is 19.4. The molecule has 2 aromatic carbocycles. The second-order valence-corrected chi connectivity index (χ2v) is 9.30. The Balaban J connectivity index is 1.46. The lowest BCUT2D eigenvalue weighted by atomic mass is 9.88. The number of aromatic nitrogens is 1. The van der Waals surface area contributed by atoms with Crippen molar-refractivity contribution in [3.63, 3.8) is 0 Å². The van der Waals surface area contributed by atoms with Gasteiger partial charge in [-0.3, -0.25) is 9.59 Å². The standard InChI is InChI=1S/C27H29F4N3O3/c1-17-4-3-5-23-24(17)21(16-34(23)12-13-37-2)25(35)33-10-8-19(9-11-33)20-14-18(6-7-22(20)28)15-32-26(36)27(29,30)31/h3-7,14,16,19H,8-13,15H2,1-2H3,(H,32,36). The van der Waals surface area contributed by atoms with Gasteiger partial charge in [0.15, 0.2) is 0 Å². The van der Waals surface area contributed by atoms with Gasteiger partial charge in [0.25, 0.3) is 5.91 Å². The molecule has 1 fully saturated rings. The number of halogens is 4. The van der Waals surface area contributed by atoms with Crippen LogP contribution in [0.4, 0.5) is 17.6 Å². The van der Waals surface area contributed by atoms with E-state index in [4.69, 9.17) is 4.74 Å². The topological polar surface area (TPSA) is 63.6 Å². The van der Waals surface area contributed by atoms with Crippen molar-refractivity contribution >= 4 is 22.7 Å². The molecule has 3 aromatic rings. The number of hydrogen-bond donors (Lipinski definition) is 1. The molecule has 2 heterocycles. The van der Waals surface area contributed by atoms with E-state index >= 15 is 0 Å². The largest absolute Gasteiger partial charge is 0.471 e. The van der Waals surface area contributed by atoms with Gasteiger partial charge in [0.2, 0.25) is 0 Å². The lowest BCUT2D eigenvalue weighted by Crippen LogP contribution is -2.38. The molecule has 1 aliphatic rings. The fraction of sp³-hybridized carbons (Fsp3) is 0.407. The van der Waals surface area contributed by atoms with Crippen LogP contribution in [0, 0.1) is 12.7 Å². The van der Waals surface area contributed by atoms with Crippen LogP contribution in [0.15, 0.2) is 42.6 Å². The molecular weight excluding hydrogens is 490 g/mol. The highest BCUT2D eigenvalue weighted by Gasteiger charge is 2.38. The molecule has 0 spiro atoms. The predicted molar refractivity (Wildman–Crippen MR) is 131 cm³/mol. The fourth-order valence-electron chi connectivity index (χ4n) is 4.93. The van der Waals surface area contributed by atoms with Crippen LogP contribution in [-0.4, -0.2) is 54.3 Å². The van der Waals surface area contributed by atoms with Gasteiger partial charge in [0, 0.05) is 50.4 Å². The highest BCUT2D eigenvalue weighted by molar-refractivity contribution is 6.08. The number of fused-ring (bicyclic) bond motifs is 1. The van der Waals surface area contributed by atoms with E-state index in [-0.39, 0.29) is 18.4 Å². The number of carbonyl (C=O) groups is 2. The molecule has 1 saturated heterocycles. The van der Waals surface area contributed by atoms with Crippen LogP contribution in [0.5, 0.6) is 0 Å². The Kier molecular flexibility index (Phi) is 7.87. The zero-order valence-electron chi connectivity index (χ0n) is 20.7. The Morgan fingerprint density at radius 1 is 1.14 bits per heavy atom.